The molecule has 0 radical (unpaired) electrons. The van der Waals surface area contributed by atoms with Crippen molar-refractivity contribution in [2.45, 2.75) is 6.17 Å². The van der Waals surface area contributed by atoms with E-state index >= 15 is 0 Å². The van der Waals surface area contributed by atoms with Gasteiger partial charge in [0.25, 0.3) is 0 Å². The van der Waals surface area contributed by atoms with Gasteiger partial charge in [-0.05, 0) is 29.8 Å². The summed E-state index contributed by atoms with van der Waals surface area (Å²) in [6, 6.07) is 16.1. The number of hydrogen-bond acceptors (Lipinski definition) is 6. The molecule has 1 aromatic heterocycles. The van der Waals surface area contributed by atoms with Crippen LogP contribution >= 0.6 is 0 Å². The second kappa shape index (κ2) is 6.10. The number of aromatic nitrogens is 2. The quantitative estimate of drug-likeness (QED) is 0.675. The lowest BCUT2D eigenvalue weighted by Gasteiger charge is -2.24. The number of nitrogens with two attached hydrogens (primary N) is 1. The van der Waals surface area contributed by atoms with Crippen molar-refractivity contribution >= 4 is 28.6 Å². The molecule has 1 aliphatic heterocycles. The van der Waals surface area contributed by atoms with Crippen LogP contribution in [0.4, 0.5) is 11.6 Å². The van der Waals surface area contributed by atoms with Gasteiger partial charge in [0.05, 0.1) is 17.6 Å². The molecule has 128 valence electrons. The minimum absolute atomic E-state index is 0.123. The Hall–Kier alpha value is -3.06. The zero-order valence-corrected chi connectivity index (χ0v) is 13.9. The minimum Gasteiger partial charge on any atom is -0.395 e. The summed E-state index contributed by atoms with van der Waals surface area (Å²) in [4.78, 5) is 11.2. The molecule has 0 fully saturated rings. The summed E-state index contributed by atoms with van der Waals surface area (Å²) in [5.41, 5.74) is 9.94. The Bertz CT molecular complexity index is 930. The Morgan fingerprint density at radius 3 is 2.72 bits per heavy atom. The number of aliphatic imine (C=N–C) groups is 1. The lowest BCUT2D eigenvalue weighted by atomic mass is 10.1. The molecule has 0 saturated carbocycles. The largest absolute Gasteiger partial charge is 0.395 e. The highest BCUT2D eigenvalue weighted by Crippen LogP contribution is 2.32. The molecule has 7 heteroatoms. The van der Waals surface area contributed by atoms with Crippen molar-refractivity contribution in [2.75, 3.05) is 30.4 Å². The van der Waals surface area contributed by atoms with Gasteiger partial charge in [-0.2, -0.15) is 0 Å². The van der Waals surface area contributed by atoms with Gasteiger partial charge in [-0.1, -0.05) is 24.3 Å². The summed E-state index contributed by atoms with van der Waals surface area (Å²) in [5.74, 6) is 1.05. The number of nitrogens with one attached hydrogen (secondary N) is 1. The van der Waals surface area contributed by atoms with E-state index in [-0.39, 0.29) is 12.8 Å². The average Bonchev–Trinajstić information content (AvgIpc) is 2.99. The van der Waals surface area contributed by atoms with Gasteiger partial charge in [0.2, 0.25) is 5.95 Å². The smallest absolute Gasteiger partial charge is 0.212 e. The molecule has 7 nitrogen and oxygen atoms in total. The highest BCUT2D eigenvalue weighted by atomic mass is 16.3. The number of aliphatic hydroxyl groups excluding tert-OH is 1. The Balaban J connectivity index is 1.76. The fraction of sp³-hybridized carbons (Fsp3) is 0.222. The maximum absolute atomic E-state index is 9.08. The van der Waals surface area contributed by atoms with Crippen molar-refractivity contribution in [2.24, 2.45) is 10.7 Å². The molecule has 0 saturated heterocycles. The van der Waals surface area contributed by atoms with E-state index in [9.17, 15) is 0 Å². The second-order valence-electron chi connectivity index (χ2n) is 6.04. The fourth-order valence-electron chi connectivity index (χ4n) is 3.12. The van der Waals surface area contributed by atoms with E-state index in [0.717, 1.165) is 22.3 Å². The van der Waals surface area contributed by atoms with Crippen molar-refractivity contribution in [1.82, 2.24) is 9.55 Å². The monoisotopic (exact) mass is 336 g/mol. The molecular formula is C18H20N6O. The molecule has 1 aliphatic rings. The van der Waals surface area contributed by atoms with E-state index in [0.29, 0.717) is 18.5 Å². The predicted molar refractivity (Wildman–Crippen MR) is 99.9 cm³/mol. The number of para-hydroxylation sites is 2. The number of guanidine groups is 1. The Kier molecular flexibility index (Phi) is 3.77. The van der Waals surface area contributed by atoms with Crippen LogP contribution in [0.15, 0.2) is 53.5 Å². The molecule has 2 aromatic carbocycles. The molecule has 0 bridgehead atoms. The molecule has 3 aromatic rings. The molecule has 1 atom stereocenters. The van der Waals surface area contributed by atoms with Crippen molar-refractivity contribution < 1.29 is 5.11 Å². The topological polar surface area (TPSA) is 91.7 Å². The van der Waals surface area contributed by atoms with Crippen LogP contribution in [0.2, 0.25) is 0 Å². The highest BCUT2D eigenvalue weighted by molar-refractivity contribution is 5.94. The third-order valence-electron chi connectivity index (χ3n) is 4.41. The van der Waals surface area contributed by atoms with E-state index < -0.39 is 0 Å². The van der Waals surface area contributed by atoms with Gasteiger partial charge >= 0.3 is 0 Å². The van der Waals surface area contributed by atoms with Crippen LogP contribution in [0, 0.1) is 0 Å². The lowest BCUT2D eigenvalue weighted by Crippen LogP contribution is -2.31. The van der Waals surface area contributed by atoms with E-state index in [1.807, 2.05) is 60.5 Å². The van der Waals surface area contributed by atoms with Crippen LogP contribution < -0.4 is 16.0 Å². The van der Waals surface area contributed by atoms with Crippen molar-refractivity contribution in [1.29, 1.82) is 0 Å². The van der Waals surface area contributed by atoms with Crippen LogP contribution in [-0.4, -0.2) is 40.8 Å². The summed E-state index contributed by atoms with van der Waals surface area (Å²) in [7, 11) is 1.95. The van der Waals surface area contributed by atoms with E-state index in [1.54, 1.807) is 0 Å². The molecule has 2 heterocycles. The van der Waals surface area contributed by atoms with Gasteiger partial charge in [-0.15, -0.1) is 0 Å². The summed E-state index contributed by atoms with van der Waals surface area (Å²) in [6.45, 7) is 0.714. The van der Waals surface area contributed by atoms with Crippen molar-refractivity contribution in [3.8, 4) is 0 Å². The van der Waals surface area contributed by atoms with Crippen LogP contribution in [0.25, 0.3) is 11.0 Å². The van der Waals surface area contributed by atoms with Crippen LogP contribution in [0.5, 0.6) is 0 Å². The molecule has 0 amide bonds. The van der Waals surface area contributed by atoms with Gasteiger partial charge in [-0.3, -0.25) is 9.88 Å². The molecule has 0 unspecified atom stereocenters. The van der Waals surface area contributed by atoms with Gasteiger partial charge in [0.15, 0.2) is 12.1 Å². The summed E-state index contributed by atoms with van der Waals surface area (Å²) in [6.07, 6.45) is -0.263. The maximum atomic E-state index is 9.08. The second-order valence-corrected chi connectivity index (χ2v) is 6.04. The number of rotatable bonds is 4. The number of imidazole rings is 1. The van der Waals surface area contributed by atoms with E-state index in [2.05, 4.69) is 19.9 Å². The fourth-order valence-corrected chi connectivity index (χ4v) is 3.12. The number of fused-ring (bicyclic) bond motifs is 3. The van der Waals surface area contributed by atoms with E-state index in [4.69, 9.17) is 10.8 Å². The maximum Gasteiger partial charge on any atom is 0.212 e. The average molecular weight is 336 g/mol. The van der Waals surface area contributed by atoms with Crippen LogP contribution in [0.1, 0.15) is 11.7 Å². The zero-order chi connectivity index (χ0) is 17.4. The molecule has 0 aliphatic carbocycles. The van der Waals surface area contributed by atoms with Crippen LogP contribution in [0.3, 0.4) is 0 Å². The Morgan fingerprint density at radius 2 is 1.96 bits per heavy atom. The summed E-state index contributed by atoms with van der Waals surface area (Å²) >= 11 is 0. The molecule has 4 rings (SSSR count). The van der Waals surface area contributed by atoms with Gasteiger partial charge in [-0.25, -0.2) is 9.98 Å². The Morgan fingerprint density at radius 1 is 1.20 bits per heavy atom. The first kappa shape index (κ1) is 15.5. The number of likely N-dealkylation sites (N-methyl/N-ethyl adjacent to an activating group) is 1. The van der Waals surface area contributed by atoms with Crippen LogP contribution in [-0.2, 0) is 0 Å². The first-order chi connectivity index (χ1) is 12.2. The number of benzene rings is 2. The third kappa shape index (κ3) is 2.68. The number of anilines is 2. The summed E-state index contributed by atoms with van der Waals surface area (Å²) in [5, 5.41) is 12.1. The van der Waals surface area contributed by atoms with Gasteiger partial charge < -0.3 is 15.7 Å². The van der Waals surface area contributed by atoms with Crippen molar-refractivity contribution in [3.63, 3.8) is 0 Å². The third-order valence-corrected chi connectivity index (χ3v) is 4.41. The lowest BCUT2D eigenvalue weighted by molar-refractivity contribution is 0.304. The van der Waals surface area contributed by atoms with E-state index in [1.165, 1.54) is 0 Å². The standard InChI is InChI=1S/C18H20N6O/c1-23(10-11-25)13-8-6-12(7-9-13)16-21-17(19)22-18-20-14-4-2-3-5-15(14)24(16)18/h2-9,16,25H,10-11H2,1H3,(H3,19,20,21,22)/t16-/m1/s1. The first-order valence-corrected chi connectivity index (χ1v) is 8.16. The number of hydrogen-bond donors (Lipinski definition) is 3. The zero-order valence-electron chi connectivity index (χ0n) is 13.9. The predicted octanol–water partition coefficient (Wildman–Crippen LogP) is 1.75. The molecule has 25 heavy (non-hydrogen) atoms. The highest BCUT2D eigenvalue weighted by Gasteiger charge is 2.24. The Labute approximate surface area is 145 Å². The number of nitrogens with zero attached hydrogens (tertiary/aromatic N) is 4. The number of aliphatic hydroxyl groups is 1. The molecule has 4 N–H and O–H groups in total. The molecular weight excluding hydrogens is 316 g/mol. The van der Waals surface area contributed by atoms with Crippen molar-refractivity contribution in [3.05, 3.63) is 54.1 Å². The first-order valence-electron chi connectivity index (χ1n) is 8.16. The molecule has 0 spiro atoms. The van der Waals surface area contributed by atoms with Gasteiger partial charge in [0, 0.05) is 19.3 Å². The summed E-state index contributed by atoms with van der Waals surface area (Å²) < 4.78 is 2.05. The normalized spacial score (nSPS) is 16.2. The van der Waals surface area contributed by atoms with Gasteiger partial charge in [0.1, 0.15) is 0 Å². The minimum atomic E-state index is -0.263. The SMILES string of the molecule is CN(CCO)c1ccc([C@@H]2N=C(N)Nc3nc4ccccc4n32)cc1.